The van der Waals surface area contributed by atoms with E-state index < -0.39 is 10.8 Å². The van der Waals surface area contributed by atoms with Gasteiger partial charge in [-0.15, -0.1) is 0 Å². The molecule has 0 atom stereocenters. The molecule has 2 aromatic carbocycles. The summed E-state index contributed by atoms with van der Waals surface area (Å²) in [5.74, 6) is -0.459. The summed E-state index contributed by atoms with van der Waals surface area (Å²) in [6, 6.07) is 11.6. The van der Waals surface area contributed by atoms with Crippen molar-refractivity contribution in [1.29, 1.82) is 0 Å². The largest absolute Gasteiger partial charge is 0.383 e. The fraction of sp³-hybridized carbons (Fsp3) is 0.0667. The van der Waals surface area contributed by atoms with Crippen LogP contribution in [0, 0.1) is 10.1 Å². The van der Waals surface area contributed by atoms with Gasteiger partial charge in [-0.25, -0.2) is 9.66 Å². The van der Waals surface area contributed by atoms with Crippen molar-refractivity contribution < 1.29 is 9.72 Å². The van der Waals surface area contributed by atoms with E-state index >= 15 is 0 Å². The second kappa shape index (κ2) is 5.76. The van der Waals surface area contributed by atoms with E-state index in [4.69, 9.17) is 0 Å². The topological polar surface area (TPSA) is 102 Å². The highest BCUT2D eigenvalue weighted by molar-refractivity contribution is 6.01. The van der Waals surface area contributed by atoms with Crippen LogP contribution in [0.25, 0.3) is 11.0 Å². The second-order valence-corrected chi connectivity index (χ2v) is 4.78. The number of aromatic nitrogens is 2. The molecule has 116 valence electrons. The average molecular weight is 311 g/mol. The average Bonchev–Trinajstić information content (AvgIpc) is 2.97. The number of hydrogen-bond acceptors (Lipinski definition) is 5. The molecule has 0 aliphatic rings. The van der Waals surface area contributed by atoms with Gasteiger partial charge in [0.1, 0.15) is 12.0 Å². The number of carbonyl (C=O) groups is 1. The number of rotatable bonds is 4. The molecule has 23 heavy (non-hydrogen) atoms. The van der Waals surface area contributed by atoms with Gasteiger partial charge in [-0.3, -0.25) is 20.3 Å². The van der Waals surface area contributed by atoms with Gasteiger partial charge in [-0.05, 0) is 24.3 Å². The summed E-state index contributed by atoms with van der Waals surface area (Å²) < 4.78 is 1.48. The fourth-order valence-electron chi connectivity index (χ4n) is 2.26. The fourth-order valence-corrected chi connectivity index (χ4v) is 2.26. The van der Waals surface area contributed by atoms with Crippen molar-refractivity contribution in [2.75, 3.05) is 17.8 Å². The van der Waals surface area contributed by atoms with Gasteiger partial charge in [0.15, 0.2) is 0 Å². The van der Waals surface area contributed by atoms with Crippen LogP contribution >= 0.6 is 0 Å². The van der Waals surface area contributed by atoms with Crippen molar-refractivity contribution in [2.45, 2.75) is 0 Å². The van der Waals surface area contributed by atoms with Crippen molar-refractivity contribution in [2.24, 2.45) is 0 Å². The first-order valence-corrected chi connectivity index (χ1v) is 6.80. The first kappa shape index (κ1) is 14.5. The number of benzene rings is 2. The van der Waals surface area contributed by atoms with Crippen molar-refractivity contribution in [1.82, 2.24) is 9.66 Å². The highest BCUT2D eigenvalue weighted by Crippen LogP contribution is 2.25. The van der Waals surface area contributed by atoms with E-state index in [9.17, 15) is 14.9 Å². The lowest BCUT2D eigenvalue weighted by molar-refractivity contribution is -0.384. The molecule has 3 aromatic rings. The molecular weight excluding hydrogens is 298 g/mol. The zero-order valence-electron chi connectivity index (χ0n) is 12.2. The molecule has 0 radical (unpaired) electrons. The van der Waals surface area contributed by atoms with Crippen LogP contribution in [0.5, 0.6) is 0 Å². The molecule has 8 nitrogen and oxygen atoms in total. The molecular formula is C15H13N5O3. The summed E-state index contributed by atoms with van der Waals surface area (Å²) in [5.41, 5.74) is 4.51. The van der Waals surface area contributed by atoms with Gasteiger partial charge < -0.3 is 5.32 Å². The number of nitro groups is 1. The molecule has 0 fully saturated rings. The first-order chi connectivity index (χ1) is 11.1. The molecule has 2 N–H and O–H groups in total. The molecule has 0 unspecified atom stereocenters. The quantitative estimate of drug-likeness (QED) is 0.569. The molecule has 1 aromatic heterocycles. The standard InChI is InChI=1S/C15H13N5O3/c1-16-11-7-6-10(8-14(11)20(22)23)15(21)18-19-9-17-12-4-2-3-5-13(12)19/h2-9,16H,1H3,(H,18,21). The normalized spacial score (nSPS) is 10.5. The SMILES string of the molecule is CNc1ccc(C(=O)Nn2cnc3ccccc32)cc1[N+](=O)[O-]. The van der Waals surface area contributed by atoms with Crippen LogP contribution in [-0.2, 0) is 0 Å². The van der Waals surface area contributed by atoms with Crippen LogP contribution in [-0.4, -0.2) is 27.5 Å². The third-order valence-electron chi connectivity index (χ3n) is 3.40. The monoisotopic (exact) mass is 311 g/mol. The van der Waals surface area contributed by atoms with Crippen LogP contribution in [0.15, 0.2) is 48.8 Å². The predicted molar refractivity (Wildman–Crippen MR) is 86.1 cm³/mol. The Balaban J connectivity index is 1.91. The minimum Gasteiger partial charge on any atom is -0.383 e. The summed E-state index contributed by atoms with van der Waals surface area (Å²) in [5, 5.41) is 13.8. The van der Waals surface area contributed by atoms with Gasteiger partial charge in [-0.1, -0.05) is 12.1 Å². The third kappa shape index (κ3) is 2.69. The highest BCUT2D eigenvalue weighted by Gasteiger charge is 2.17. The zero-order valence-corrected chi connectivity index (χ0v) is 12.2. The summed E-state index contributed by atoms with van der Waals surface area (Å²) in [4.78, 5) is 27.0. The molecule has 0 saturated carbocycles. The summed E-state index contributed by atoms with van der Waals surface area (Å²) in [7, 11) is 1.58. The van der Waals surface area contributed by atoms with Crippen LogP contribution < -0.4 is 10.7 Å². The molecule has 8 heteroatoms. The second-order valence-electron chi connectivity index (χ2n) is 4.78. The van der Waals surface area contributed by atoms with Crippen LogP contribution in [0.3, 0.4) is 0 Å². The van der Waals surface area contributed by atoms with Gasteiger partial charge in [-0.2, -0.15) is 0 Å². The first-order valence-electron chi connectivity index (χ1n) is 6.80. The summed E-state index contributed by atoms with van der Waals surface area (Å²) in [6.45, 7) is 0. The molecule has 0 aliphatic carbocycles. The van der Waals surface area contributed by atoms with E-state index in [1.807, 2.05) is 24.3 Å². The van der Waals surface area contributed by atoms with Crippen molar-refractivity contribution >= 4 is 28.3 Å². The molecule has 0 saturated heterocycles. The van der Waals surface area contributed by atoms with Crippen molar-refractivity contribution in [3.8, 4) is 0 Å². The third-order valence-corrected chi connectivity index (χ3v) is 3.40. The van der Waals surface area contributed by atoms with E-state index in [1.54, 1.807) is 7.05 Å². The Labute approximate surface area is 130 Å². The zero-order chi connectivity index (χ0) is 16.4. The highest BCUT2D eigenvalue weighted by atomic mass is 16.6. The van der Waals surface area contributed by atoms with E-state index in [0.717, 1.165) is 11.0 Å². The number of amides is 1. The number of carbonyl (C=O) groups excluding carboxylic acids is 1. The summed E-state index contributed by atoms with van der Waals surface area (Å²) >= 11 is 0. The molecule has 3 rings (SSSR count). The Morgan fingerprint density at radius 1 is 1.26 bits per heavy atom. The van der Waals surface area contributed by atoms with Gasteiger partial charge in [0, 0.05) is 18.7 Å². The minimum atomic E-state index is -0.533. The Morgan fingerprint density at radius 2 is 2.04 bits per heavy atom. The number of fused-ring (bicyclic) bond motifs is 1. The number of para-hydroxylation sites is 2. The summed E-state index contributed by atoms with van der Waals surface area (Å²) in [6.07, 6.45) is 1.49. The maximum absolute atomic E-state index is 12.3. The smallest absolute Gasteiger partial charge is 0.293 e. The number of nitro benzene ring substituents is 1. The van der Waals surface area contributed by atoms with Crippen molar-refractivity contribution in [3.05, 3.63) is 64.5 Å². The number of nitrogens with zero attached hydrogens (tertiary/aromatic N) is 3. The lowest BCUT2D eigenvalue weighted by atomic mass is 10.1. The molecule has 1 heterocycles. The Bertz CT molecular complexity index is 903. The lowest BCUT2D eigenvalue weighted by Gasteiger charge is -2.08. The Kier molecular flexibility index (Phi) is 3.63. The predicted octanol–water partition coefficient (Wildman–Crippen LogP) is 2.37. The molecule has 1 amide bonds. The maximum Gasteiger partial charge on any atom is 0.293 e. The Morgan fingerprint density at radius 3 is 2.78 bits per heavy atom. The molecule has 0 aliphatic heterocycles. The van der Waals surface area contributed by atoms with Gasteiger partial charge in [0.05, 0.1) is 16.0 Å². The minimum absolute atomic E-state index is 0.157. The van der Waals surface area contributed by atoms with Crippen LogP contribution in [0.2, 0.25) is 0 Å². The lowest BCUT2D eigenvalue weighted by Crippen LogP contribution is -2.22. The van der Waals surface area contributed by atoms with E-state index in [2.05, 4.69) is 15.7 Å². The molecule has 0 spiro atoms. The van der Waals surface area contributed by atoms with Gasteiger partial charge >= 0.3 is 0 Å². The van der Waals surface area contributed by atoms with E-state index in [-0.39, 0.29) is 11.3 Å². The van der Waals surface area contributed by atoms with Crippen LogP contribution in [0.1, 0.15) is 10.4 Å². The number of hydrogen-bond donors (Lipinski definition) is 2. The van der Waals surface area contributed by atoms with E-state index in [1.165, 1.54) is 29.2 Å². The van der Waals surface area contributed by atoms with Crippen LogP contribution in [0.4, 0.5) is 11.4 Å². The Hall–Kier alpha value is -3.42. The van der Waals surface area contributed by atoms with Crippen molar-refractivity contribution in [3.63, 3.8) is 0 Å². The number of imidazole rings is 1. The van der Waals surface area contributed by atoms with Gasteiger partial charge in [0.2, 0.25) is 0 Å². The number of nitrogens with one attached hydrogen (secondary N) is 2. The molecule has 0 bridgehead atoms. The van der Waals surface area contributed by atoms with Gasteiger partial charge in [0.25, 0.3) is 11.6 Å². The maximum atomic E-state index is 12.3. The number of anilines is 1. The van der Waals surface area contributed by atoms with E-state index in [0.29, 0.717) is 5.69 Å².